The smallest absolute Gasteiger partial charge is 0.135 e. The quantitative estimate of drug-likeness (QED) is 0.618. The van der Waals surface area contributed by atoms with Gasteiger partial charge in [-0.25, -0.2) is 0 Å². The first-order valence-electron chi connectivity index (χ1n) is 8.47. The Hall–Kier alpha value is -1.61. The highest BCUT2D eigenvalue weighted by Gasteiger charge is 2.29. The van der Waals surface area contributed by atoms with E-state index in [2.05, 4.69) is 45.4 Å². The molecule has 0 aliphatic rings. The van der Waals surface area contributed by atoms with Crippen molar-refractivity contribution in [2.24, 2.45) is 0 Å². The van der Waals surface area contributed by atoms with Crippen molar-refractivity contribution in [3.05, 3.63) is 60.2 Å². The average molecular weight is 349 g/mol. The molecule has 2 aromatic rings. The first kappa shape index (κ1) is 20.4. The zero-order valence-electron chi connectivity index (χ0n) is 16.1. The molecule has 2 aromatic carbocycles. The van der Waals surface area contributed by atoms with Crippen molar-refractivity contribution in [3.8, 4) is 11.5 Å². The highest BCUT2D eigenvalue weighted by Crippen LogP contribution is 2.53. The van der Waals surface area contributed by atoms with Gasteiger partial charge < -0.3 is 8.92 Å². The summed E-state index contributed by atoms with van der Waals surface area (Å²) in [5, 5.41) is 0. The van der Waals surface area contributed by atoms with Gasteiger partial charge in [-0.2, -0.15) is 0 Å². The Kier molecular flexibility index (Phi) is 7.68. The van der Waals surface area contributed by atoms with E-state index in [-0.39, 0.29) is 4.75 Å². The van der Waals surface area contributed by atoms with E-state index in [9.17, 15) is 0 Å². The lowest BCUT2D eigenvalue weighted by Gasteiger charge is -2.43. The molecule has 0 radical (unpaired) electrons. The highest BCUT2D eigenvalue weighted by molar-refractivity contribution is 8.30. The van der Waals surface area contributed by atoms with E-state index in [1.807, 2.05) is 56.3 Å². The molecule has 2 nitrogen and oxygen atoms in total. The summed E-state index contributed by atoms with van der Waals surface area (Å²) in [4.78, 5) is 0. The second-order valence-electron chi connectivity index (χ2n) is 6.67. The lowest BCUT2D eigenvalue weighted by molar-refractivity contribution is 0.306. The summed E-state index contributed by atoms with van der Waals surface area (Å²) < 4.78 is 12.2. The van der Waals surface area contributed by atoms with Gasteiger partial charge in [0, 0.05) is 4.75 Å². The molecule has 2 rings (SSSR count). The van der Waals surface area contributed by atoms with Gasteiger partial charge in [0.05, 0.1) is 0 Å². The second kappa shape index (κ2) is 9.03. The number of hydrogen-bond donors (Lipinski definition) is 0. The first-order valence-corrected chi connectivity index (χ1v) is 10.8. The van der Waals surface area contributed by atoms with Crippen molar-refractivity contribution in [2.75, 3.05) is 12.5 Å². The Morgan fingerprint density at radius 1 is 0.792 bits per heavy atom. The maximum Gasteiger partial charge on any atom is 0.135 e. The minimum atomic E-state index is -1.16. The Balaban J connectivity index is 0.00000139. The number of benzene rings is 2. The molecule has 0 bridgehead atoms. The van der Waals surface area contributed by atoms with Crippen molar-refractivity contribution >= 4 is 10.3 Å². The van der Waals surface area contributed by atoms with Gasteiger partial charge >= 0.3 is 0 Å². The third-order valence-electron chi connectivity index (χ3n) is 3.85. The summed E-state index contributed by atoms with van der Waals surface area (Å²) in [5.74, 6) is 1.77. The molecular formula is C21H32O2S. The molecule has 0 aliphatic carbocycles. The fourth-order valence-electron chi connectivity index (χ4n) is 1.70. The van der Waals surface area contributed by atoms with Gasteiger partial charge in [-0.1, -0.05) is 54.5 Å². The van der Waals surface area contributed by atoms with Crippen molar-refractivity contribution in [1.29, 1.82) is 0 Å². The third kappa shape index (κ3) is 6.12. The SMILES string of the molecule is CC.CC(C)(C)S(C)(C)Oc1ccc(OCc2ccccc2)cc1. The van der Waals surface area contributed by atoms with E-state index in [1.165, 1.54) is 5.56 Å². The van der Waals surface area contributed by atoms with Gasteiger partial charge in [0.2, 0.25) is 0 Å². The molecule has 0 fully saturated rings. The van der Waals surface area contributed by atoms with Gasteiger partial charge in [-0.05, 0) is 63.1 Å². The molecule has 0 N–H and O–H groups in total. The van der Waals surface area contributed by atoms with Crippen LogP contribution in [0.3, 0.4) is 0 Å². The predicted molar refractivity (Wildman–Crippen MR) is 108 cm³/mol. The zero-order valence-corrected chi connectivity index (χ0v) is 16.9. The van der Waals surface area contributed by atoms with Crippen LogP contribution in [0.4, 0.5) is 0 Å². The number of ether oxygens (including phenoxy) is 1. The Morgan fingerprint density at radius 3 is 1.79 bits per heavy atom. The first-order chi connectivity index (χ1) is 11.3. The molecule has 3 heteroatoms. The predicted octanol–water partition coefficient (Wildman–Crippen LogP) is 6.45. The molecule has 0 heterocycles. The van der Waals surface area contributed by atoms with Crippen molar-refractivity contribution in [2.45, 2.75) is 46.0 Å². The maximum atomic E-state index is 6.21. The molecule has 24 heavy (non-hydrogen) atoms. The molecule has 0 spiro atoms. The topological polar surface area (TPSA) is 18.5 Å². The standard InChI is InChI=1S/C19H26O2S.C2H6/c1-19(2,3)22(4,5)21-18-13-11-17(12-14-18)20-15-16-9-7-6-8-10-16;1-2/h6-14H,15H2,1-5H3;1-2H3. The summed E-state index contributed by atoms with van der Waals surface area (Å²) >= 11 is 0. The van der Waals surface area contributed by atoms with E-state index in [1.54, 1.807) is 0 Å². The van der Waals surface area contributed by atoms with Gasteiger partial charge in [-0.3, -0.25) is 0 Å². The Labute approximate surface area is 149 Å². The normalized spacial score (nSPS) is 12.0. The van der Waals surface area contributed by atoms with Crippen LogP contribution in [-0.4, -0.2) is 17.3 Å². The van der Waals surface area contributed by atoms with Gasteiger partial charge in [0.15, 0.2) is 0 Å². The van der Waals surface area contributed by atoms with E-state index >= 15 is 0 Å². The highest BCUT2D eigenvalue weighted by atomic mass is 32.3. The van der Waals surface area contributed by atoms with E-state index < -0.39 is 10.3 Å². The van der Waals surface area contributed by atoms with Crippen LogP contribution in [0.1, 0.15) is 40.2 Å². The third-order valence-corrected chi connectivity index (χ3v) is 7.41. The Bertz CT molecular complexity index is 583. The molecule has 0 atom stereocenters. The van der Waals surface area contributed by atoms with Gasteiger partial charge in [0.25, 0.3) is 0 Å². The average Bonchev–Trinajstić information content (AvgIpc) is 2.56. The summed E-state index contributed by atoms with van der Waals surface area (Å²) in [5.41, 5.74) is 1.17. The van der Waals surface area contributed by atoms with Crippen LogP contribution in [0.25, 0.3) is 0 Å². The summed E-state index contributed by atoms with van der Waals surface area (Å²) in [6.45, 7) is 11.2. The Morgan fingerprint density at radius 2 is 1.29 bits per heavy atom. The summed E-state index contributed by atoms with van der Waals surface area (Å²) in [7, 11) is -1.16. The lowest BCUT2D eigenvalue weighted by atomic mass is 10.2. The van der Waals surface area contributed by atoms with Crippen LogP contribution in [0, 0.1) is 0 Å². The minimum Gasteiger partial charge on any atom is -0.489 e. The summed E-state index contributed by atoms with van der Waals surface area (Å²) in [6, 6.07) is 18.1. The monoisotopic (exact) mass is 348 g/mol. The van der Waals surface area contributed by atoms with Crippen molar-refractivity contribution in [1.82, 2.24) is 0 Å². The van der Waals surface area contributed by atoms with E-state index in [4.69, 9.17) is 8.92 Å². The molecule has 134 valence electrons. The minimum absolute atomic E-state index is 0.148. The molecule has 0 aromatic heterocycles. The lowest BCUT2D eigenvalue weighted by Crippen LogP contribution is -2.27. The second-order valence-corrected chi connectivity index (χ2v) is 10.5. The molecule has 0 saturated carbocycles. The van der Waals surface area contributed by atoms with E-state index in [0.717, 1.165) is 11.5 Å². The fraction of sp³-hybridized carbons (Fsp3) is 0.429. The number of hydrogen-bond acceptors (Lipinski definition) is 2. The molecule has 0 unspecified atom stereocenters. The fourth-order valence-corrected chi connectivity index (χ4v) is 2.54. The van der Waals surface area contributed by atoms with Crippen LogP contribution in [-0.2, 0) is 6.61 Å². The van der Waals surface area contributed by atoms with Crippen LogP contribution in [0.2, 0.25) is 0 Å². The van der Waals surface area contributed by atoms with Crippen LogP contribution < -0.4 is 8.92 Å². The van der Waals surface area contributed by atoms with Gasteiger partial charge in [0.1, 0.15) is 18.1 Å². The molecule has 0 amide bonds. The van der Waals surface area contributed by atoms with E-state index in [0.29, 0.717) is 6.61 Å². The molecule has 0 saturated heterocycles. The number of rotatable bonds is 5. The largest absolute Gasteiger partial charge is 0.489 e. The molecule has 0 aliphatic heterocycles. The van der Waals surface area contributed by atoms with Crippen molar-refractivity contribution < 1.29 is 8.92 Å². The maximum absolute atomic E-state index is 6.21. The summed E-state index contributed by atoms with van der Waals surface area (Å²) in [6.07, 6.45) is 4.40. The van der Waals surface area contributed by atoms with Crippen LogP contribution >= 0.6 is 10.3 Å². The van der Waals surface area contributed by atoms with Crippen LogP contribution in [0.15, 0.2) is 54.6 Å². The molecular weight excluding hydrogens is 316 g/mol. The van der Waals surface area contributed by atoms with Gasteiger partial charge in [-0.15, -0.1) is 0 Å². The van der Waals surface area contributed by atoms with Crippen molar-refractivity contribution in [3.63, 3.8) is 0 Å². The van der Waals surface area contributed by atoms with Crippen LogP contribution in [0.5, 0.6) is 11.5 Å². The zero-order chi connectivity index (χ0) is 18.2.